The number of sulfonamides is 1. The number of carbonyl (C=O) groups is 3. The summed E-state index contributed by atoms with van der Waals surface area (Å²) < 4.78 is 26.4. The second-order valence-corrected chi connectivity index (χ2v) is 16.0. The van der Waals surface area contributed by atoms with Gasteiger partial charge in [-0.15, -0.1) is 0 Å². The zero-order valence-corrected chi connectivity index (χ0v) is 31.1. The monoisotopic (exact) mass is 741 g/mol. The van der Waals surface area contributed by atoms with Gasteiger partial charge in [0.25, 0.3) is 5.91 Å². The normalized spacial score (nSPS) is 17.2. The fraction of sp³-hybridized carbons (Fsp3) is 0.385. The van der Waals surface area contributed by atoms with E-state index in [2.05, 4.69) is 20.5 Å². The van der Waals surface area contributed by atoms with Crippen molar-refractivity contribution in [3.63, 3.8) is 0 Å². The highest BCUT2D eigenvalue weighted by Gasteiger charge is 2.37. The van der Waals surface area contributed by atoms with Crippen molar-refractivity contribution >= 4 is 39.3 Å². The first-order valence-corrected chi connectivity index (χ1v) is 19.7. The number of benzene rings is 3. The fourth-order valence-corrected chi connectivity index (χ4v) is 8.51. The quantitative estimate of drug-likeness (QED) is 0.141. The average molecular weight is 742 g/mol. The molecule has 0 radical (unpaired) electrons. The first kappa shape index (κ1) is 37.5. The molecule has 0 saturated carbocycles. The number of likely N-dealkylation sites (tertiary alicyclic amines) is 1. The van der Waals surface area contributed by atoms with E-state index in [1.165, 1.54) is 0 Å². The van der Waals surface area contributed by atoms with Crippen LogP contribution in [-0.4, -0.2) is 95.1 Å². The summed E-state index contributed by atoms with van der Waals surface area (Å²) in [6, 6.07) is 21.9. The van der Waals surface area contributed by atoms with Crippen molar-refractivity contribution in [3.05, 3.63) is 90.4 Å². The van der Waals surface area contributed by atoms with Crippen molar-refractivity contribution in [2.75, 3.05) is 48.7 Å². The number of nitrogens with zero attached hydrogens (tertiary/aromatic N) is 4. The van der Waals surface area contributed by atoms with Crippen LogP contribution < -0.4 is 15.5 Å². The molecule has 2 atom stereocenters. The number of piperazine rings is 1. The lowest BCUT2D eigenvalue weighted by Gasteiger charge is -2.35. The summed E-state index contributed by atoms with van der Waals surface area (Å²) in [4.78, 5) is 49.6. The molecule has 3 amide bonds. The van der Waals surface area contributed by atoms with E-state index < -0.39 is 22.2 Å². The number of amides is 3. The van der Waals surface area contributed by atoms with E-state index in [9.17, 15) is 27.9 Å². The van der Waals surface area contributed by atoms with Gasteiger partial charge >= 0.3 is 6.09 Å². The summed E-state index contributed by atoms with van der Waals surface area (Å²) in [6.45, 7) is 8.23. The zero-order chi connectivity index (χ0) is 37.7. The van der Waals surface area contributed by atoms with E-state index in [1.807, 2.05) is 87.6 Å². The van der Waals surface area contributed by atoms with Crippen LogP contribution in [0.15, 0.2) is 79.0 Å². The predicted octanol–water partition coefficient (Wildman–Crippen LogP) is 5.81. The Hall–Kier alpha value is -5.21. The predicted molar refractivity (Wildman–Crippen MR) is 205 cm³/mol. The first-order chi connectivity index (χ1) is 25.4. The molecule has 4 aromatic rings. The highest BCUT2D eigenvalue weighted by Crippen LogP contribution is 2.33. The summed E-state index contributed by atoms with van der Waals surface area (Å²) in [6.07, 6.45) is 2.76. The molecule has 6 rings (SSSR count). The lowest BCUT2D eigenvalue weighted by atomic mass is 10.0. The Balaban J connectivity index is 1.04. The number of hydrogen-bond donors (Lipinski definition) is 4. The van der Waals surface area contributed by atoms with E-state index in [0.29, 0.717) is 56.2 Å². The molecule has 4 N–H and O–H groups in total. The Morgan fingerprint density at radius 2 is 1.51 bits per heavy atom. The highest BCUT2D eigenvalue weighted by molar-refractivity contribution is 7.89. The molecule has 3 aromatic carbocycles. The molecule has 1 aromatic heterocycles. The van der Waals surface area contributed by atoms with Crippen LogP contribution in [0.5, 0.6) is 0 Å². The second kappa shape index (κ2) is 16.2. The molecule has 2 aliphatic heterocycles. The number of rotatable bonds is 12. The summed E-state index contributed by atoms with van der Waals surface area (Å²) in [5, 5.41) is 14.6. The third-order valence-electron chi connectivity index (χ3n) is 9.91. The lowest BCUT2D eigenvalue weighted by Crippen LogP contribution is -2.50. The molecular formula is C39H47N7O6S. The largest absolute Gasteiger partial charge is 0.465 e. The van der Waals surface area contributed by atoms with Crippen LogP contribution in [0.1, 0.15) is 62.3 Å². The van der Waals surface area contributed by atoms with Crippen molar-refractivity contribution < 1.29 is 27.9 Å². The molecule has 53 heavy (non-hydrogen) atoms. The summed E-state index contributed by atoms with van der Waals surface area (Å²) in [7, 11) is -3.19. The van der Waals surface area contributed by atoms with E-state index >= 15 is 0 Å². The van der Waals surface area contributed by atoms with Gasteiger partial charge in [0.2, 0.25) is 15.9 Å². The van der Waals surface area contributed by atoms with Gasteiger partial charge in [-0.2, -0.15) is 4.31 Å². The van der Waals surface area contributed by atoms with Crippen LogP contribution >= 0.6 is 0 Å². The van der Waals surface area contributed by atoms with Gasteiger partial charge in [0.15, 0.2) is 0 Å². The topological polar surface area (TPSA) is 168 Å². The molecule has 0 bridgehead atoms. The minimum absolute atomic E-state index is 0.177. The smallest absolute Gasteiger partial charge is 0.405 e. The van der Waals surface area contributed by atoms with Gasteiger partial charge in [0, 0.05) is 61.4 Å². The molecule has 2 fully saturated rings. The van der Waals surface area contributed by atoms with Crippen molar-refractivity contribution in [1.82, 2.24) is 24.5 Å². The van der Waals surface area contributed by atoms with Gasteiger partial charge in [-0.1, -0.05) is 57.2 Å². The molecule has 14 heteroatoms. The summed E-state index contributed by atoms with van der Waals surface area (Å²) in [5.74, 6) is 0.203. The number of aromatic nitrogens is 2. The molecule has 0 aliphatic carbocycles. The van der Waals surface area contributed by atoms with Crippen molar-refractivity contribution in [3.8, 4) is 22.4 Å². The molecule has 2 aliphatic rings. The Labute approximate surface area is 310 Å². The Morgan fingerprint density at radius 3 is 2.11 bits per heavy atom. The number of nitrogens with one attached hydrogen (secondary N) is 3. The van der Waals surface area contributed by atoms with E-state index in [1.54, 1.807) is 21.3 Å². The van der Waals surface area contributed by atoms with Crippen LogP contribution in [0, 0.1) is 5.92 Å². The molecule has 280 valence electrons. The lowest BCUT2D eigenvalue weighted by molar-refractivity contribution is -0.135. The van der Waals surface area contributed by atoms with E-state index in [4.69, 9.17) is 4.98 Å². The van der Waals surface area contributed by atoms with Gasteiger partial charge < -0.3 is 30.5 Å². The molecule has 2 saturated heterocycles. The minimum Gasteiger partial charge on any atom is -0.465 e. The van der Waals surface area contributed by atoms with Crippen LogP contribution in [-0.2, 0) is 14.8 Å². The van der Waals surface area contributed by atoms with Crippen LogP contribution in [0.25, 0.3) is 22.4 Å². The number of carboxylic acid groups (broad SMARTS) is 1. The minimum atomic E-state index is -3.19. The maximum atomic E-state index is 13.3. The SMILES string of the molecule is CCCS(=O)(=O)N1CCN(c2ccc(NC(=O)c3ccc(-c4ccc(-c5c[nH]c([C@@H]6CCCN6C(=O)[C@@H](NC(=O)O)C(C)C)n5)cc4)cc3)cc2)CC1. The van der Waals surface area contributed by atoms with Gasteiger partial charge in [-0.3, -0.25) is 9.59 Å². The summed E-state index contributed by atoms with van der Waals surface area (Å²) >= 11 is 0. The maximum Gasteiger partial charge on any atom is 0.405 e. The third kappa shape index (κ3) is 8.71. The first-order valence-electron chi connectivity index (χ1n) is 18.1. The maximum absolute atomic E-state index is 13.3. The Bertz CT molecular complexity index is 2010. The molecule has 0 spiro atoms. The van der Waals surface area contributed by atoms with Crippen molar-refractivity contribution in [2.24, 2.45) is 5.92 Å². The number of carbonyl (C=O) groups excluding carboxylic acids is 2. The number of H-pyrrole nitrogens is 1. The van der Waals surface area contributed by atoms with Crippen LogP contribution in [0.3, 0.4) is 0 Å². The molecule has 0 unspecified atom stereocenters. The highest BCUT2D eigenvalue weighted by atomic mass is 32.2. The third-order valence-corrected chi connectivity index (χ3v) is 12.0. The zero-order valence-electron chi connectivity index (χ0n) is 30.3. The molecule has 13 nitrogen and oxygen atoms in total. The Kier molecular flexibility index (Phi) is 11.5. The van der Waals surface area contributed by atoms with Gasteiger partial charge in [-0.05, 0) is 72.7 Å². The number of imidazole rings is 1. The van der Waals surface area contributed by atoms with E-state index in [0.717, 1.165) is 40.9 Å². The van der Waals surface area contributed by atoms with Gasteiger partial charge in [0.05, 0.1) is 17.5 Å². The standard InChI is InChI=1S/C39H47N7O6S/c1-4-24-53(51,52)45-22-20-44(21-23-45)32-17-15-31(16-18-32)41-37(47)30-13-9-28(10-14-30)27-7-11-29(12-8-27)33-25-40-36(42-33)34-6-5-19-46(34)38(48)35(26(2)3)43-39(49)50/h7-18,25-26,34-35,43H,4-6,19-24H2,1-3H3,(H,40,42)(H,41,47)(H,49,50)/t34-,35-/m0/s1. The van der Waals surface area contributed by atoms with Crippen LogP contribution in [0.4, 0.5) is 16.2 Å². The fourth-order valence-electron chi connectivity index (χ4n) is 7.01. The molecule has 3 heterocycles. The van der Waals surface area contributed by atoms with Crippen LogP contribution in [0.2, 0.25) is 0 Å². The number of aromatic amines is 1. The second-order valence-electron chi connectivity index (χ2n) is 13.9. The van der Waals surface area contributed by atoms with Gasteiger partial charge in [0.1, 0.15) is 11.9 Å². The molecular weight excluding hydrogens is 695 g/mol. The summed E-state index contributed by atoms with van der Waals surface area (Å²) in [5.41, 5.74) is 5.77. The van der Waals surface area contributed by atoms with Gasteiger partial charge in [-0.25, -0.2) is 18.2 Å². The number of hydrogen-bond acceptors (Lipinski definition) is 7. The average Bonchev–Trinajstić information content (AvgIpc) is 3.85. The van der Waals surface area contributed by atoms with Crippen molar-refractivity contribution in [2.45, 2.75) is 52.1 Å². The number of anilines is 2. The van der Waals surface area contributed by atoms with Crippen molar-refractivity contribution in [1.29, 1.82) is 0 Å². The Morgan fingerprint density at radius 1 is 0.887 bits per heavy atom. The van der Waals surface area contributed by atoms with E-state index in [-0.39, 0.29) is 29.5 Å².